The first kappa shape index (κ1) is 16.9. The van der Waals surface area contributed by atoms with Gasteiger partial charge in [-0.1, -0.05) is 31.4 Å². The molecule has 1 N–H and O–H groups in total. The van der Waals surface area contributed by atoms with Crippen molar-refractivity contribution in [3.63, 3.8) is 0 Å². The molecule has 2 aliphatic rings. The van der Waals surface area contributed by atoms with E-state index >= 15 is 0 Å². The van der Waals surface area contributed by atoms with Gasteiger partial charge in [-0.25, -0.2) is 4.39 Å². The number of hydrogen-bond acceptors (Lipinski definition) is 3. The average molecular weight is 320 g/mol. The van der Waals surface area contributed by atoms with Crippen LogP contribution >= 0.6 is 0 Å². The largest absolute Gasteiger partial charge is 0.396 e. The van der Waals surface area contributed by atoms with Gasteiger partial charge in [-0.15, -0.1) is 0 Å². The SMILES string of the molecule is OCC[C@H]1CN(Cc2cccc(F)c2)CCN1C1CCCCC1. The van der Waals surface area contributed by atoms with Gasteiger partial charge in [0.15, 0.2) is 0 Å². The molecule has 4 heteroatoms. The predicted octanol–water partition coefficient (Wildman–Crippen LogP) is 3.03. The molecule has 23 heavy (non-hydrogen) atoms. The smallest absolute Gasteiger partial charge is 0.123 e. The maximum atomic E-state index is 13.4. The lowest BCUT2D eigenvalue weighted by molar-refractivity contribution is 0.0136. The average Bonchev–Trinajstić information content (AvgIpc) is 2.56. The Morgan fingerprint density at radius 2 is 1.96 bits per heavy atom. The zero-order valence-electron chi connectivity index (χ0n) is 14.0. The maximum Gasteiger partial charge on any atom is 0.123 e. The van der Waals surface area contributed by atoms with Crippen LogP contribution in [0.25, 0.3) is 0 Å². The van der Waals surface area contributed by atoms with Gasteiger partial charge in [0, 0.05) is 44.9 Å². The van der Waals surface area contributed by atoms with Crippen LogP contribution in [0.5, 0.6) is 0 Å². The lowest BCUT2D eigenvalue weighted by atomic mass is 9.91. The summed E-state index contributed by atoms with van der Waals surface area (Å²) in [6.45, 7) is 4.15. The summed E-state index contributed by atoms with van der Waals surface area (Å²) in [6, 6.07) is 8.06. The highest BCUT2D eigenvalue weighted by molar-refractivity contribution is 5.16. The van der Waals surface area contributed by atoms with Crippen LogP contribution in [0.4, 0.5) is 4.39 Å². The van der Waals surface area contributed by atoms with Gasteiger partial charge in [0.25, 0.3) is 0 Å². The quantitative estimate of drug-likeness (QED) is 0.903. The van der Waals surface area contributed by atoms with Gasteiger partial charge in [0.1, 0.15) is 5.82 Å². The third-order valence-electron chi connectivity index (χ3n) is 5.41. The summed E-state index contributed by atoms with van der Waals surface area (Å²) in [6.07, 6.45) is 7.54. The first-order chi connectivity index (χ1) is 11.3. The summed E-state index contributed by atoms with van der Waals surface area (Å²) in [4.78, 5) is 5.06. The minimum Gasteiger partial charge on any atom is -0.396 e. The van der Waals surface area contributed by atoms with Crippen molar-refractivity contribution in [1.82, 2.24) is 9.80 Å². The van der Waals surface area contributed by atoms with Gasteiger partial charge < -0.3 is 5.11 Å². The molecule has 1 atom stereocenters. The zero-order chi connectivity index (χ0) is 16.1. The Bertz CT molecular complexity index is 490. The highest BCUT2D eigenvalue weighted by atomic mass is 19.1. The summed E-state index contributed by atoms with van der Waals surface area (Å²) in [5, 5.41) is 9.45. The summed E-state index contributed by atoms with van der Waals surface area (Å²) < 4.78 is 13.4. The van der Waals surface area contributed by atoms with Crippen molar-refractivity contribution in [1.29, 1.82) is 0 Å². The lowest BCUT2D eigenvalue weighted by Gasteiger charge is -2.46. The first-order valence-corrected chi connectivity index (χ1v) is 9.09. The van der Waals surface area contributed by atoms with Crippen molar-refractivity contribution in [2.24, 2.45) is 0 Å². The van der Waals surface area contributed by atoms with E-state index in [9.17, 15) is 9.50 Å². The third-order valence-corrected chi connectivity index (χ3v) is 5.41. The van der Waals surface area contributed by atoms with E-state index in [1.54, 1.807) is 12.1 Å². The third kappa shape index (κ3) is 4.52. The predicted molar refractivity (Wildman–Crippen MR) is 90.7 cm³/mol. The number of aliphatic hydroxyl groups is 1. The Morgan fingerprint density at radius 1 is 1.13 bits per heavy atom. The van der Waals surface area contributed by atoms with E-state index in [-0.39, 0.29) is 12.4 Å². The van der Waals surface area contributed by atoms with Crippen LogP contribution < -0.4 is 0 Å². The summed E-state index contributed by atoms with van der Waals surface area (Å²) in [5.74, 6) is -0.157. The number of benzene rings is 1. The number of nitrogens with zero attached hydrogens (tertiary/aromatic N) is 2. The molecular formula is C19H29FN2O. The van der Waals surface area contributed by atoms with E-state index in [2.05, 4.69) is 9.80 Å². The molecular weight excluding hydrogens is 291 g/mol. The summed E-state index contributed by atoms with van der Waals surface area (Å²) in [7, 11) is 0. The topological polar surface area (TPSA) is 26.7 Å². The minimum atomic E-state index is -0.157. The van der Waals surface area contributed by atoms with Crippen LogP contribution in [-0.2, 0) is 6.54 Å². The van der Waals surface area contributed by atoms with Crippen molar-refractivity contribution < 1.29 is 9.50 Å². The first-order valence-electron chi connectivity index (χ1n) is 9.09. The molecule has 0 spiro atoms. The van der Waals surface area contributed by atoms with E-state index in [1.165, 1.54) is 38.2 Å². The second-order valence-electron chi connectivity index (χ2n) is 7.06. The van der Waals surface area contributed by atoms with Crippen LogP contribution in [-0.4, -0.2) is 53.2 Å². The van der Waals surface area contributed by atoms with Crippen molar-refractivity contribution in [2.75, 3.05) is 26.2 Å². The van der Waals surface area contributed by atoms with Crippen molar-refractivity contribution in [2.45, 2.75) is 57.2 Å². The molecule has 1 saturated carbocycles. The fourth-order valence-corrected chi connectivity index (χ4v) is 4.27. The van der Waals surface area contributed by atoms with Crippen molar-refractivity contribution in [3.8, 4) is 0 Å². The van der Waals surface area contributed by atoms with Crippen LogP contribution in [0, 0.1) is 5.82 Å². The fraction of sp³-hybridized carbons (Fsp3) is 0.684. The maximum absolute atomic E-state index is 13.4. The summed E-state index contributed by atoms with van der Waals surface area (Å²) >= 11 is 0. The van der Waals surface area contributed by atoms with Crippen LogP contribution in [0.15, 0.2) is 24.3 Å². The zero-order valence-corrected chi connectivity index (χ0v) is 14.0. The van der Waals surface area contributed by atoms with Gasteiger partial charge >= 0.3 is 0 Å². The molecule has 0 aromatic heterocycles. The fourth-order valence-electron chi connectivity index (χ4n) is 4.27. The van der Waals surface area contributed by atoms with E-state index < -0.39 is 0 Å². The lowest BCUT2D eigenvalue weighted by Crippen LogP contribution is -2.56. The van der Waals surface area contributed by atoms with Crippen LogP contribution in [0.3, 0.4) is 0 Å². The van der Waals surface area contributed by atoms with Gasteiger partial charge in [0.05, 0.1) is 0 Å². The molecule has 0 unspecified atom stereocenters. The molecule has 0 radical (unpaired) electrons. The van der Waals surface area contributed by atoms with Crippen molar-refractivity contribution >= 4 is 0 Å². The molecule has 128 valence electrons. The van der Waals surface area contributed by atoms with Gasteiger partial charge in [0.2, 0.25) is 0 Å². The van der Waals surface area contributed by atoms with Gasteiger partial charge in [-0.05, 0) is 37.0 Å². The van der Waals surface area contributed by atoms with E-state index in [1.807, 2.05) is 6.07 Å². The van der Waals surface area contributed by atoms with Crippen LogP contribution in [0.1, 0.15) is 44.1 Å². The minimum absolute atomic E-state index is 0.157. The molecule has 3 rings (SSSR count). The standard InChI is InChI=1S/C19H29FN2O/c20-17-6-4-5-16(13-17)14-21-10-11-22(19(15-21)9-12-23)18-7-2-1-3-8-18/h4-6,13,18-19,23H,1-3,7-12,14-15H2/t19-/m0/s1. The Balaban J connectivity index is 1.61. The summed E-state index contributed by atoms with van der Waals surface area (Å²) in [5.41, 5.74) is 1.04. The Labute approximate surface area is 139 Å². The number of aliphatic hydroxyl groups excluding tert-OH is 1. The molecule has 2 fully saturated rings. The normalized spacial score (nSPS) is 24.9. The Morgan fingerprint density at radius 3 is 2.70 bits per heavy atom. The Kier molecular flexibility index (Phi) is 6.03. The molecule has 3 nitrogen and oxygen atoms in total. The number of hydrogen-bond donors (Lipinski definition) is 1. The number of piperazine rings is 1. The highest BCUT2D eigenvalue weighted by Gasteiger charge is 2.32. The second-order valence-corrected chi connectivity index (χ2v) is 7.06. The van der Waals surface area contributed by atoms with E-state index in [0.717, 1.165) is 38.2 Å². The number of rotatable bonds is 5. The molecule has 1 aromatic carbocycles. The van der Waals surface area contributed by atoms with Crippen LogP contribution in [0.2, 0.25) is 0 Å². The molecule has 1 heterocycles. The molecule has 0 bridgehead atoms. The van der Waals surface area contributed by atoms with Gasteiger partial charge in [-0.3, -0.25) is 9.80 Å². The van der Waals surface area contributed by atoms with Crippen molar-refractivity contribution in [3.05, 3.63) is 35.6 Å². The number of halogens is 1. The van der Waals surface area contributed by atoms with Gasteiger partial charge in [-0.2, -0.15) is 0 Å². The molecule has 1 aliphatic carbocycles. The molecule has 1 aromatic rings. The van der Waals surface area contributed by atoms with E-state index in [0.29, 0.717) is 12.1 Å². The highest BCUT2D eigenvalue weighted by Crippen LogP contribution is 2.27. The molecule has 0 amide bonds. The van der Waals surface area contributed by atoms with E-state index in [4.69, 9.17) is 0 Å². The molecule has 1 saturated heterocycles. The molecule has 1 aliphatic heterocycles. The monoisotopic (exact) mass is 320 g/mol. The second kappa shape index (κ2) is 8.22. The Hall–Kier alpha value is -0.970.